The number of anilines is 3. The third-order valence-corrected chi connectivity index (χ3v) is 11.9. The monoisotopic (exact) mass is 756 g/mol. The van der Waals surface area contributed by atoms with E-state index in [0.29, 0.717) is 0 Å². The smallest absolute Gasteiger partial charge is 0.0561 e. The van der Waals surface area contributed by atoms with Crippen LogP contribution in [0.4, 0.5) is 17.1 Å². The van der Waals surface area contributed by atoms with Crippen LogP contribution < -0.4 is 4.90 Å². The van der Waals surface area contributed by atoms with Crippen LogP contribution in [0.2, 0.25) is 0 Å². The van der Waals surface area contributed by atoms with Gasteiger partial charge in [0.05, 0.1) is 11.0 Å². The molecule has 282 valence electrons. The second-order valence-electron chi connectivity index (χ2n) is 15.8. The van der Waals surface area contributed by atoms with Crippen LogP contribution >= 0.6 is 0 Å². The van der Waals surface area contributed by atoms with E-state index in [4.69, 9.17) is 0 Å². The summed E-state index contributed by atoms with van der Waals surface area (Å²) in [4.78, 5) is 2.37. The van der Waals surface area contributed by atoms with Crippen molar-refractivity contribution in [3.05, 3.63) is 242 Å². The fourth-order valence-corrected chi connectivity index (χ4v) is 8.59. The Hall–Kier alpha value is -7.42. The quantitative estimate of drug-likeness (QED) is 0.142. The summed E-state index contributed by atoms with van der Waals surface area (Å²) in [6.07, 6.45) is 0. The Kier molecular flexibility index (Phi) is 9.24. The van der Waals surface area contributed by atoms with Gasteiger partial charge in [-0.15, -0.1) is 0 Å². The largest absolute Gasteiger partial charge is 0.310 e. The predicted octanol–water partition coefficient (Wildman–Crippen LogP) is 15.6. The zero-order valence-electron chi connectivity index (χ0n) is 33.3. The molecule has 0 aliphatic heterocycles. The number of nitrogens with zero attached hydrogens (tertiary/aromatic N) is 2. The van der Waals surface area contributed by atoms with E-state index >= 15 is 0 Å². The SMILES string of the molecule is CC(C)(c1ccccc1)c1ccc(-c2ccc(-n3c4ccccc4c4ccc(N(c5ccc(-c6ccccc6)cc5)c5ccc(-c6ccccc6)cc5)cc43)cc2)cc1. The van der Waals surface area contributed by atoms with Crippen LogP contribution in [0.1, 0.15) is 25.0 Å². The number of para-hydroxylation sites is 1. The standard InChI is InChI=1S/C57H44N2/c1-57(2,47-18-10-5-11-19-47)48-30-22-43(23-31-48)46-28-36-51(37-29-46)59-55-21-13-12-20-53(55)54-39-38-52(40-56(54)59)58(49-32-24-44(25-33-49)41-14-6-3-7-15-41)50-34-26-45(27-35-50)42-16-8-4-9-17-42/h3-40H,1-2H3. The van der Waals surface area contributed by atoms with Gasteiger partial charge in [0.2, 0.25) is 0 Å². The molecule has 0 aliphatic rings. The molecule has 2 heteroatoms. The van der Waals surface area contributed by atoms with Crippen molar-refractivity contribution in [2.45, 2.75) is 19.3 Å². The second-order valence-corrected chi connectivity index (χ2v) is 15.8. The van der Waals surface area contributed by atoms with Gasteiger partial charge in [0, 0.05) is 38.9 Å². The summed E-state index contributed by atoms with van der Waals surface area (Å²) in [6, 6.07) is 83.6. The number of rotatable bonds is 9. The van der Waals surface area contributed by atoms with Crippen LogP contribution in [0, 0.1) is 0 Å². The molecular weight excluding hydrogens is 713 g/mol. The molecular formula is C57H44N2. The van der Waals surface area contributed by atoms with Crippen LogP contribution in [0.3, 0.4) is 0 Å². The highest BCUT2D eigenvalue weighted by molar-refractivity contribution is 6.10. The molecule has 1 heterocycles. The molecule has 0 fully saturated rings. The molecule has 0 spiro atoms. The summed E-state index contributed by atoms with van der Waals surface area (Å²) in [5, 5.41) is 2.46. The number of benzene rings is 9. The fourth-order valence-electron chi connectivity index (χ4n) is 8.59. The molecule has 0 bridgehead atoms. The lowest BCUT2D eigenvalue weighted by Crippen LogP contribution is -2.18. The molecule has 0 radical (unpaired) electrons. The third-order valence-electron chi connectivity index (χ3n) is 11.9. The second kappa shape index (κ2) is 15.2. The highest BCUT2D eigenvalue weighted by atomic mass is 15.1. The van der Waals surface area contributed by atoms with E-state index in [9.17, 15) is 0 Å². The first-order valence-corrected chi connectivity index (χ1v) is 20.4. The summed E-state index contributed by atoms with van der Waals surface area (Å²) in [5.41, 5.74) is 16.5. The molecule has 0 amide bonds. The number of hydrogen-bond donors (Lipinski definition) is 0. The summed E-state index contributed by atoms with van der Waals surface area (Å²) in [7, 11) is 0. The molecule has 10 rings (SSSR count). The van der Waals surface area contributed by atoms with Gasteiger partial charge in [-0.25, -0.2) is 0 Å². The first kappa shape index (κ1) is 36.0. The first-order valence-electron chi connectivity index (χ1n) is 20.4. The van der Waals surface area contributed by atoms with Crippen molar-refractivity contribution in [1.82, 2.24) is 4.57 Å². The maximum atomic E-state index is 2.42. The van der Waals surface area contributed by atoms with E-state index in [1.54, 1.807) is 0 Å². The average molecular weight is 757 g/mol. The van der Waals surface area contributed by atoms with Gasteiger partial charge >= 0.3 is 0 Å². The summed E-state index contributed by atoms with van der Waals surface area (Å²) >= 11 is 0. The number of aromatic nitrogens is 1. The van der Waals surface area contributed by atoms with Crippen molar-refractivity contribution in [3.8, 4) is 39.1 Å². The van der Waals surface area contributed by atoms with Crippen LogP contribution in [0.15, 0.2) is 231 Å². The van der Waals surface area contributed by atoms with Crippen LogP contribution in [0.5, 0.6) is 0 Å². The maximum absolute atomic E-state index is 2.42. The number of fused-ring (bicyclic) bond motifs is 3. The highest BCUT2D eigenvalue weighted by Crippen LogP contribution is 2.41. The summed E-state index contributed by atoms with van der Waals surface area (Å²) < 4.78 is 2.42. The lowest BCUT2D eigenvalue weighted by atomic mass is 9.78. The van der Waals surface area contributed by atoms with E-state index < -0.39 is 0 Å². The Bertz CT molecular complexity index is 2920. The van der Waals surface area contributed by atoms with Crippen molar-refractivity contribution in [1.29, 1.82) is 0 Å². The minimum atomic E-state index is -0.0775. The van der Waals surface area contributed by atoms with E-state index in [-0.39, 0.29) is 5.41 Å². The van der Waals surface area contributed by atoms with E-state index in [0.717, 1.165) is 28.3 Å². The minimum absolute atomic E-state index is 0.0775. The van der Waals surface area contributed by atoms with Gasteiger partial charge in [0.15, 0.2) is 0 Å². The Labute approximate surface area is 346 Å². The fraction of sp³-hybridized carbons (Fsp3) is 0.0526. The Balaban J connectivity index is 1.05. The lowest BCUT2D eigenvalue weighted by Gasteiger charge is -2.26. The van der Waals surface area contributed by atoms with Crippen LogP contribution in [-0.4, -0.2) is 4.57 Å². The molecule has 10 aromatic rings. The lowest BCUT2D eigenvalue weighted by molar-refractivity contribution is 0.641. The topological polar surface area (TPSA) is 8.17 Å². The Morgan fingerprint density at radius 2 is 0.712 bits per heavy atom. The Morgan fingerprint density at radius 3 is 1.25 bits per heavy atom. The molecule has 9 aromatic carbocycles. The highest BCUT2D eigenvalue weighted by Gasteiger charge is 2.23. The van der Waals surface area contributed by atoms with Gasteiger partial charge in [-0.05, 0) is 99.1 Å². The van der Waals surface area contributed by atoms with Crippen LogP contribution in [0.25, 0.3) is 60.9 Å². The van der Waals surface area contributed by atoms with E-state index in [1.807, 2.05) is 0 Å². The predicted molar refractivity (Wildman–Crippen MR) is 250 cm³/mol. The van der Waals surface area contributed by atoms with Crippen molar-refractivity contribution < 1.29 is 0 Å². The molecule has 0 N–H and O–H groups in total. The van der Waals surface area contributed by atoms with Crippen molar-refractivity contribution in [2.75, 3.05) is 4.90 Å². The Morgan fingerprint density at radius 1 is 0.322 bits per heavy atom. The van der Waals surface area contributed by atoms with E-state index in [1.165, 1.54) is 60.8 Å². The summed E-state index contributed by atoms with van der Waals surface area (Å²) in [5.74, 6) is 0. The van der Waals surface area contributed by atoms with Crippen molar-refractivity contribution in [2.24, 2.45) is 0 Å². The average Bonchev–Trinajstić information content (AvgIpc) is 3.64. The normalized spacial score (nSPS) is 11.6. The van der Waals surface area contributed by atoms with Gasteiger partial charge in [-0.1, -0.05) is 190 Å². The molecule has 0 unspecified atom stereocenters. The molecule has 1 aromatic heterocycles. The third kappa shape index (κ3) is 6.79. The molecule has 0 saturated heterocycles. The van der Waals surface area contributed by atoms with E-state index in [2.05, 4.69) is 254 Å². The first-order chi connectivity index (χ1) is 29.0. The van der Waals surface area contributed by atoms with Gasteiger partial charge in [0.1, 0.15) is 0 Å². The van der Waals surface area contributed by atoms with Gasteiger partial charge < -0.3 is 9.47 Å². The maximum Gasteiger partial charge on any atom is 0.0561 e. The zero-order valence-corrected chi connectivity index (χ0v) is 33.3. The number of hydrogen-bond acceptors (Lipinski definition) is 1. The van der Waals surface area contributed by atoms with Gasteiger partial charge in [-0.3, -0.25) is 0 Å². The molecule has 59 heavy (non-hydrogen) atoms. The summed E-state index contributed by atoms with van der Waals surface area (Å²) in [6.45, 7) is 4.59. The molecule has 2 nitrogen and oxygen atoms in total. The van der Waals surface area contributed by atoms with Crippen molar-refractivity contribution in [3.63, 3.8) is 0 Å². The van der Waals surface area contributed by atoms with Gasteiger partial charge in [0.25, 0.3) is 0 Å². The van der Waals surface area contributed by atoms with Crippen molar-refractivity contribution >= 4 is 38.9 Å². The zero-order chi connectivity index (χ0) is 39.8. The molecule has 0 atom stereocenters. The van der Waals surface area contributed by atoms with Crippen LogP contribution in [-0.2, 0) is 5.41 Å². The molecule has 0 saturated carbocycles. The minimum Gasteiger partial charge on any atom is -0.310 e. The molecule has 0 aliphatic carbocycles. The van der Waals surface area contributed by atoms with Gasteiger partial charge in [-0.2, -0.15) is 0 Å².